The molecule has 1 unspecified atom stereocenters. The van der Waals surface area contributed by atoms with E-state index in [0.717, 1.165) is 26.2 Å². The van der Waals surface area contributed by atoms with Crippen molar-refractivity contribution in [2.75, 3.05) is 33.2 Å². The van der Waals surface area contributed by atoms with E-state index in [1.165, 1.54) is 6.08 Å². The molecule has 0 aromatic carbocycles. The lowest BCUT2D eigenvalue weighted by atomic mass is 10.2. The lowest BCUT2D eigenvalue weighted by Gasteiger charge is -2.37. The van der Waals surface area contributed by atoms with Crippen molar-refractivity contribution in [3.05, 3.63) is 12.2 Å². The normalized spacial score (nSPS) is 25.7. The van der Waals surface area contributed by atoms with Gasteiger partial charge in [-0.3, -0.25) is 4.90 Å². The van der Waals surface area contributed by atoms with Gasteiger partial charge in [0.15, 0.2) is 0 Å². The van der Waals surface area contributed by atoms with Crippen LogP contribution in [0.25, 0.3) is 0 Å². The van der Waals surface area contributed by atoms with Crippen molar-refractivity contribution in [2.45, 2.75) is 13.0 Å². The fourth-order valence-corrected chi connectivity index (χ4v) is 1.74. The van der Waals surface area contributed by atoms with Crippen molar-refractivity contribution in [3.63, 3.8) is 0 Å². The molecule has 1 N–H and O–H groups in total. The van der Waals surface area contributed by atoms with Crippen LogP contribution in [-0.4, -0.2) is 60.1 Å². The van der Waals surface area contributed by atoms with E-state index >= 15 is 0 Å². The average molecular weight is 198 g/mol. The molecule has 0 aromatic rings. The molecule has 0 aromatic heterocycles. The fraction of sp³-hybridized carbons (Fsp3) is 0.700. The van der Waals surface area contributed by atoms with Gasteiger partial charge >= 0.3 is 5.97 Å². The van der Waals surface area contributed by atoms with E-state index in [-0.39, 0.29) is 0 Å². The number of rotatable bonds is 3. The van der Waals surface area contributed by atoms with Crippen LogP contribution < -0.4 is 0 Å². The van der Waals surface area contributed by atoms with Crippen molar-refractivity contribution in [1.29, 1.82) is 0 Å². The Bertz CT molecular complexity index is 228. The topological polar surface area (TPSA) is 43.8 Å². The standard InChI is InChI=1S/C10H18N2O2/c1-9-8-11(2)6-7-12(9)5-3-4-10(13)14/h3-4,9H,5-8H2,1-2H3,(H,13,14)/b4-3+. The molecule has 1 rings (SSSR count). The van der Waals surface area contributed by atoms with Crippen LogP contribution in [0.2, 0.25) is 0 Å². The van der Waals surface area contributed by atoms with Gasteiger partial charge in [-0.2, -0.15) is 0 Å². The second-order valence-electron chi connectivity index (χ2n) is 3.85. The zero-order valence-electron chi connectivity index (χ0n) is 8.81. The van der Waals surface area contributed by atoms with E-state index in [0.29, 0.717) is 6.04 Å². The van der Waals surface area contributed by atoms with E-state index in [1.54, 1.807) is 6.08 Å². The highest BCUT2D eigenvalue weighted by atomic mass is 16.4. The summed E-state index contributed by atoms with van der Waals surface area (Å²) in [5, 5.41) is 8.44. The largest absolute Gasteiger partial charge is 0.478 e. The highest BCUT2D eigenvalue weighted by Crippen LogP contribution is 2.06. The number of aliphatic carboxylic acids is 1. The average Bonchev–Trinajstić information content (AvgIpc) is 2.08. The van der Waals surface area contributed by atoms with Gasteiger partial charge in [0, 0.05) is 38.3 Å². The van der Waals surface area contributed by atoms with Crippen molar-refractivity contribution in [2.24, 2.45) is 0 Å². The quantitative estimate of drug-likeness (QED) is 0.661. The molecule has 1 aliphatic heterocycles. The van der Waals surface area contributed by atoms with E-state index in [2.05, 4.69) is 23.8 Å². The first-order valence-corrected chi connectivity index (χ1v) is 4.91. The first-order chi connectivity index (χ1) is 6.59. The summed E-state index contributed by atoms with van der Waals surface area (Å²) < 4.78 is 0. The molecular formula is C10H18N2O2. The van der Waals surface area contributed by atoms with Gasteiger partial charge in [0.1, 0.15) is 0 Å². The minimum absolute atomic E-state index is 0.507. The predicted octanol–water partition coefficient (Wildman–Crippen LogP) is 0.263. The van der Waals surface area contributed by atoms with Crippen LogP contribution in [0, 0.1) is 0 Å². The Kier molecular flexibility index (Phi) is 4.10. The molecule has 1 atom stereocenters. The second-order valence-corrected chi connectivity index (χ2v) is 3.85. The molecule has 4 heteroatoms. The Morgan fingerprint density at radius 3 is 2.86 bits per heavy atom. The van der Waals surface area contributed by atoms with Crippen LogP contribution in [-0.2, 0) is 4.79 Å². The van der Waals surface area contributed by atoms with Gasteiger partial charge in [0.2, 0.25) is 0 Å². The number of nitrogens with zero attached hydrogens (tertiary/aromatic N) is 2. The van der Waals surface area contributed by atoms with Crippen molar-refractivity contribution >= 4 is 5.97 Å². The Balaban J connectivity index is 2.34. The molecule has 0 aliphatic carbocycles. The van der Waals surface area contributed by atoms with Crippen LogP contribution in [0.15, 0.2) is 12.2 Å². The smallest absolute Gasteiger partial charge is 0.328 e. The third kappa shape index (κ3) is 3.47. The Morgan fingerprint density at radius 1 is 1.57 bits per heavy atom. The molecule has 0 amide bonds. The lowest BCUT2D eigenvalue weighted by Crippen LogP contribution is -2.50. The van der Waals surface area contributed by atoms with Gasteiger partial charge in [0.05, 0.1) is 0 Å². The van der Waals surface area contributed by atoms with E-state index in [1.807, 2.05) is 0 Å². The van der Waals surface area contributed by atoms with E-state index in [4.69, 9.17) is 5.11 Å². The van der Waals surface area contributed by atoms with Gasteiger partial charge in [-0.1, -0.05) is 6.08 Å². The molecular weight excluding hydrogens is 180 g/mol. The summed E-state index contributed by atoms with van der Waals surface area (Å²) in [6.45, 7) is 6.04. The summed E-state index contributed by atoms with van der Waals surface area (Å²) >= 11 is 0. The van der Waals surface area contributed by atoms with Gasteiger partial charge < -0.3 is 10.0 Å². The molecule has 0 saturated carbocycles. The molecule has 0 radical (unpaired) electrons. The molecule has 0 bridgehead atoms. The van der Waals surface area contributed by atoms with Crippen LogP contribution in [0.3, 0.4) is 0 Å². The molecule has 1 aliphatic rings. The van der Waals surface area contributed by atoms with Gasteiger partial charge in [0.25, 0.3) is 0 Å². The number of carboxylic acids is 1. The Morgan fingerprint density at radius 2 is 2.29 bits per heavy atom. The Hall–Kier alpha value is -0.870. The minimum Gasteiger partial charge on any atom is -0.478 e. The Labute approximate surface area is 84.8 Å². The van der Waals surface area contributed by atoms with E-state index < -0.39 is 5.97 Å². The highest BCUT2D eigenvalue weighted by molar-refractivity contribution is 5.79. The highest BCUT2D eigenvalue weighted by Gasteiger charge is 2.19. The van der Waals surface area contributed by atoms with Crippen molar-refractivity contribution in [1.82, 2.24) is 9.80 Å². The number of carbonyl (C=O) groups is 1. The molecule has 1 heterocycles. The molecule has 1 saturated heterocycles. The van der Waals surface area contributed by atoms with E-state index in [9.17, 15) is 4.79 Å². The SMILES string of the molecule is CC1CN(C)CCN1C/C=C/C(=O)O. The summed E-state index contributed by atoms with van der Waals surface area (Å²) in [6.07, 6.45) is 2.93. The number of likely N-dealkylation sites (N-methyl/N-ethyl adjacent to an activating group) is 1. The number of piperazine rings is 1. The summed E-state index contributed by atoms with van der Waals surface area (Å²) in [4.78, 5) is 14.8. The third-order valence-electron chi connectivity index (χ3n) is 2.57. The van der Waals surface area contributed by atoms with Crippen molar-refractivity contribution < 1.29 is 9.90 Å². The first-order valence-electron chi connectivity index (χ1n) is 4.91. The number of carboxylic acid groups (broad SMARTS) is 1. The monoisotopic (exact) mass is 198 g/mol. The van der Waals surface area contributed by atoms with Crippen LogP contribution in [0.1, 0.15) is 6.92 Å². The zero-order valence-corrected chi connectivity index (χ0v) is 8.81. The molecule has 14 heavy (non-hydrogen) atoms. The molecule has 4 nitrogen and oxygen atoms in total. The summed E-state index contributed by atoms with van der Waals surface area (Å²) in [5.41, 5.74) is 0. The van der Waals surface area contributed by atoms with Crippen LogP contribution in [0.5, 0.6) is 0 Å². The van der Waals surface area contributed by atoms with Gasteiger partial charge in [-0.05, 0) is 14.0 Å². The lowest BCUT2D eigenvalue weighted by molar-refractivity contribution is -0.131. The summed E-state index contributed by atoms with van der Waals surface area (Å²) in [5.74, 6) is -0.869. The van der Waals surface area contributed by atoms with Crippen molar-refractivity contribution in [3.8, 4) is 0 Å². The first kappa shape index (κ1) is 11.2. The number of hydrogen-bond acceptors (Lipinski definition) is 3. The summed E-state index contributed by atoms with van der Waals surface area (Å²) in [7, 11) is 2.11. The zero-order chi connectivity index (χ0) is 10.6. The second kappa shape index (κ2) is 5.12. The van der Waals surface area contributed by atoms with Gasteiger partial charge in [-0.25, -0.2) is 4.79 Å². The van der Waals surface area contributed by atoms with Gasteiger partial charge in [-0.15, -0.1) is 0 Å². The molecule has 1 fully saturated rings. The molecule has 0 spiro atoms. The maximum atomic E-state index is 10.3. The maximum absolute atomic E-state index is 10.3. The fourth-order valence-electron chi connectivity index (χ4n) is 1.74. The van der Waals surface area contributed by atoms with Crippen LogP contribution >= 0.6 is 0 Å². The van der Waals surface area contributed by atoms with Crippen LogP contribution in [0.4, 0.5) is 0 Å². The maximum Gasteiger partial charge on any atom is 0.328 e. The summed E-state index contributed by atoms with van der Waals surface area (Å²) in [6, 6.07) is 0.507. The third-order valence-corrected chi connectivity index (χ3v) is 2.57. The predicted molar refractivity (Wildman–Crippen MR) is 55.3 cm³/mol. The molecule has 80 valence electrons. The number of hydrogen-bond donors (Lipinski definition) is 1. The minimum atomic E-state index is -0.869.